The SMILES string of the molecule is Cc1cnc(NC(=O)c2cc(S(=O)(=O)N(C)C)ccc2N2CCCC2)s1. The molecular formula is C17H22N4O3S2. The molecule has 0 saturated carbocycles. The van der Waals surface area contributed by atoms with Gasteiger partial charge in [-0.05, 0) is 38.0 Å². The first-order valence-corrected chi connectivity index (χ1v) is 10.6. The predicted octanol–water partition coefficient (Wildman–Crippen LogP) is 2.55. The largest absolute Gasteiger partial charge is 0.371 e. The van der Waals surface area contributed by atoms with Crippen LogP contribution in [0.5, 0.6) is 0 Å². The molecule has 26 heavy (non-hydrogen) atoms. The van der Waals surface area contributed by atoms with Crippen LogP contribution in [0.25, 0.3) is 0 Å². The molecule has 140 valence electrons. The Hall–Kier alpha value is -1.97. The molecule has 1 aromatic carbocycles. The maximum absolute atomic E-state index is 12.9. The van der Waals surface area contributed by atoms with Gasteiger partial charge in [0.15, 0.2) is 5.13 Å². The van der Waals surface area contributed by atoms with Crippen LogP contribution >= 0.6 is 11.3 Å². The average Bonchev–Trinajstić information content (AvgIpc) is 3.26. The highest BCUT2D eigenvalue weighted by molar-refractivity contribution is 7.89. The lowest BCUT2D eigenvalue weighted by Crippen LogP contribution is -2.25. The van der Waals surface area contributed by atoms with Crippen LogP contribution in [0.3, 0.4) is 0 Å². The number of hydrogen-bond donors (Lipinski definition) is 1. The molecule has 0 aliphatic carbocycles. The van der Waals surface area contributed by atoms with Crippen molar-refractivity contribution in [2.24, 2.45) is 0 Å². The first-order valence-electron chi connectivity index (χ1n) is 8.34. The molecule has 1 aromatic heterocycles. The minimum absolute atomic E-state index is 0.103. The minimum atomic E-state index is -3.62. The van der Waals surface area contributed by atoms with Crippen molar-refractivity contribution in [2.45, 2.75) is 24.7 Å². The average molecular weight is 395 g/mol. The summed E-state index contributed by atoms with van der Waals surface area (Å²) in [6.45, 7) is 3.63. The third-order valence-electron chi connectivity index (χ3n) is 4.28. The molecule has 0 atom stereocenters. The molecule has 1 amide bonds. The van der Waals surface area contributed by atoms with Crippen molar-refractivity contribution in [2.75, 3.05) is 37.4 Å². The molecule has 1 aliphatic rings. The fourth-order valence-electron chi connectivity index (χ4n) is 2.88. The maximum Gasteiger partial charge on any atom is 0.259 e. The number of carbonyl (C=O) groups is 1. The lowest BCUT2D eigenvalue weighted by atomic mass is 10.1. The van der Waals surface area contributed by atoms with Crippen molar-refractivity contribution in [3.05, 3.63) is 34.8 Å². The summed E-state index contributed by atoms with van der Waals surface area (Å²) in [5.41, 5.74) is 1.11. The van der Waals surface area contributed by atoms with E-state index in [9.17, 15) is 13.2 Å². The van der Waals surface area contributed by atoms with Crippen molar-refractivity contribution in [1.82, 2.24) is 9.29 Å². The van der Waals surface area contributed by atoms with Crippen LogP contribution in [0.1, 0.15) is 28.1 Å². The fraction of sp³-hybridized carbons (Fsp3) is 0.412. The second-order valence-electron chi connectivity index (χ2n) is 6.39. The quantitative estimate of drug-likeness (QED) is 0.843. The van der Waals surface area contributed by atoms with Crippen LogP contribution in [0.4, 0.5) is 10.8 Å². The van der Waals surface area contributed by atoms with Gasteiger partial charge in [-0.1, -0.05) is 0 Å². The maximum atomic E-state index is 12.9. The summed E-state index contributed by atoms with van der Waals surface area (Å²) in [5, 5.41) is 3.28. The van der Waals surface area contributed by atoms with Crippen molar-refractivity contribution in [3.63, 3.8) is 0 Å². The molecule has 9 heteroatoms. The predicted molar refractivity (Wildman–Crippen MR) is 104 cm³/mol. The van der Waals surface area contributed by atoms with E-state index in [-0.39, 0.29) is 10.8 Å². The van der Waals surface area contributed by atoms with E-state index in [2.05, 4.69) is 15.2 Å². The Morgan fingerprint density at radius 3 is 2.54 bits per heavy atom. The Kier molecular flexibility index (Phi) is 5.31. The number of nitrogens with zero attached hydrogens (tertiary/aromatic N) is 3. The van der Waals surface area contributed by atoms with Gasteiger partial charge in [-0.3, -0.25) is 10.1 Å². The summed E-state index contributed by atoms with van der Waals surface area (Å²) in [4.78, 5) is 20.2. The van der Waals surface area contributed by atoms with Crippen molar-refractivity contribution >= 4 is 38.1 Å². The molecule has 2 heterocycles. The number of hydrogen-bond acceptors (Lipinski definition) is 6. The number of thiazole rings is 1. The van der Waals surface area contributed by atoms with Gasteiger partial charge in [-0.25, -0.2) is 17.7 Å². The van der Waals surface area contributed by atoms with Crippen molar-refractivity contribution in [1.29, 1.82) is 0 Å². The van der Waals surface area contributed by atoms with E-state index in [1.54, 1.807) is 18.3 Å². The summed E-state index contributed by atoms with van der Waals surface area (Å²) < 4.78 is 26.1. The Balaban J connectivity index is 2.01. The Labute approximate surface area is 157 Å². The molecule has 0 unspecified atom stereocenters. The van der Waals surface area contributed by atoms with Gasteiger partial charge in [0.25, 0.3) is 5.91 Å². The van der Waals surface area contributed by atoms with E-state index in [0.29, 0.717) is 10.7 Å². The van der Waals surface area contributed by atoms with Crippen LogP contribution in [0.2, 0.25) is 0 Å². The van der Waals surface area contributed by atoms with Gasteiger partial charge in [-0.2, -0.15) is 0 Å². The number of rotatable bonds is 5. The van der Waals surface area contributed by atoms with Gasteiger partial charge >= 0.3 is 0 Å². The monoisotopic (exact) mass is 394 g/mol. The zero-order valence-electron chi connectivity index (χ0n) is 15.0. The number of anilines is 2. The highest BCUT2D eigenvalue weighted by Crippen LogP contribution is 2.29. The number of sulfonamides is 1. The third-order valence-corrected chi connectivity index (χ3v) is 6.92. The van der Waals surface area contributed by atoms with Gasteiger partial charge in [0, 0.05) is 43.9 Å². The zero-order valence-corrected chi connectivity index (χ0v) is 16.7. The van der Waals surface area contributed by atoms with Crippen LogP contribution in [-0.4, -0.2) is 50.8 Å². The Morgan fingerprint density at radius 2 is 1.96 bits per heavy atom. The molecule has 1 N–H and O–H groups in total. The molecule has 3 rings (SSSR count). The fourth-order valence-corrected chi connectivity index (χ4v) is 4.47. The van der Waals surface area contributed by atoms with Gasteiger partial charge in [0.2, 0.25) is 10.0 Å². The zero-order chi connectivity index (χ0) is 18.9. The summed E-state index contributed by atoms with van der Waals surface area (Å²) in [5.74, 6) is -0.350. The summed E-state index contributed by atoms with van der Waals surface area (Å²) in [6, 6.07) is 4.75. The number of carbonyl (C=O) groups excluding carboxylic acids is 1. The summed E-state index contributed by atoms with van der Waals surface area (Å²) in [6.07, 6.45) is 3.81. The molecule has 2 aromatic rings. The van der Waals surface area contributed by atoms with Gasteiger partial charge in [-0.15, -0.1) is 11.3 Å². The molecule has 1 aliphatic heterocycles. The molecular weight excluding hydrogens is 372 g/mol. The second kappa shape index (κ2) is 7.34. The van der Waals surface area contributed by atoms with E-state index in [1.807, 2.05) is 6.92 Å². The number of aryl methyl sites for hydroxylation is 1. The van der Waals surface area contributed by atoms with E-state index >= 15 is 0 Å². The smallest absolute Gasteiger partial charge is 0.259 e. The number of amides is 1. The summed E-state index contributed by atoms with van der Waals surface area (Å²) >= 11 is 1.38. The molecule has 1 saturated heterocycles. The minimum Gasteiger partial charge on any atom is -0.371 e. The highest BCUT2D eigenvalue weighted by Gasteiger charge is 2.25. The molecule has 1 fully saturated rings. The molecule has 0 radical (unpaired) electrons. The topological polar surface area (TPSA) is 82.6 Å². The van der Waals surface area contributed by atoms with E-state index < -0.39 is 10.0 Å². The first kappa shape index (κ1) is 18.8. The van der Waals surface area contributed by atoms with Gasteiger partial charge < -0.3 is 4.90 Å². The second-order valence-corrected chi connectivity index (χ2v) is 9.78. The van der Waals surface area contributed by atoms with Crippen LogP contribution in [-0.2, 0) is 10.0 Å². The lowest BCUT2D eigenvalue weighted by molar-refractivity contribution is 0.102. The number of aromatic nitrogens is 1. The van der Waals surface area contributed by atoms with Gasteiger partial charge in [0.1, 0.15) is 0 Å². The van der Waals surface area contributed by atoms with Crippen molar-refractivity contribution in [3.8, 4) is 0 Å². The van der Waals surface area contributed by atoms with E-state index in [1.165, 1.54) is 31.5 Å². The normalized spacial score (nSPS) is 14.8. The van der Waals surface area contributed by atoms with E-state index in [4.69, 9.17) is 0 Å². The highest BCUT2D eigenvalue weighted by atomic mass is 32.2. The van der Waals surface area contributed by atoms with Crippen LogP contribution in [0.15, 0.2) is 29.3 Å². The number of nitrogens with one attached hydrogen (secondary N) is 1. The molecule has 7 nitrogen and oxygen atoms in total. The standard InChI is InChI=1S/C17H22N4O3S2/c1-12-11-18-17(25-12)19-16(22)14-10-13(26(23,24)20(2)3)6-7-15(14)21-8-4-5-9-21/h6-7,10-11H,4-5,8-9H2,1-3H3,(H,18,19,22). The van der Waals surface area contributed by atoms with E-state index in [0.717, 1.165) is 40.8 Å². The van der Waals surface area contributed by atoms with Crippen LogP contribution < -0.4 is 10.2 Å². The summed E-state index contributed by atoms with van der Waals surface area (Å²) in [7, 11) is -0.672. The molecule has 0 bridgehead atoms. The lowest BCUT2D eigenvalue weighted by Gasteiger charge is -2.22. The number of benzene rings is 1. The van der Waals surface area contributed by atoms with Crippen molar-refractivity contribution < 1.29 is 13.2 Å². The third kappa shape index (κ3) is 3.74. The van der Waals surface area contributed by atoms with Crippen LogP contribution in [0, 0.1) is 6.92 Å². The first-order chi connectivity index (χ1) is 12.3. The Morgan fingerprint density at radius 1 is 1.27 bits per heavy atom. The Bertz CT molecular complexity index is 916. The molecule has 0 spiro atoms. The van der Waals surface area contributed by atoms with Gasteiger partial charge in [0.05, 0.1) is 10.5 Å².